The molecule has 12 heteroatoms. The van der Waals surface area contributed by atoms with Gasteiger partial charge in [0.25, 0.3) is 0 Å². The van der Waals surface area contributed by atoms with Crippen LogP contribution in [-0.2, 0) is 16.0 Å². The predicted molar refractivity (Wildman–Crippen MR) is 122 cm³/mol. The van der Waals surface area contributed by atoms with Gasteiger partial charge in [0, 0.05) is 5.02 Å². The molecule has 2 aromatic heterocycles. The number of benzene rings is 1. The van der Waals surface area contributed by atoms with Crippen molar-refractivity contribution in [3.05, 3.63) is 57.2 Å². The molecule has 31 heavy (non-hydrogen) atoms. The largest absolute Gasteiger partial charge is 0.465 e. The minimum atomic E-state index is -0.598. The van der Waals surface area contributed by atoms with E-state index in [0.717, 1.165) is 16.9 Å². The molecule has 2 heterocycles. The molecule has 0 spiro atoms. The summed E-state index contributed by atoms with van der Waals surface area (Å²) >= 11 is 12.3. The molecule has 0 aliphatic heterocycles. The number of thiocarbonyl (C=S) groups is 1. The van der Waals surface area contributed by atoms with Gasteiger partial charge in [0.2, 0.25) is 5.95 Å². The van der Waals surface area contributed by atoms with E-state index in [2.05, 4.69) is 20.7 Å². The van der Waals surface area contributed by atoms with Crippen LogP contribution in [0.3, 0.4) is 0 Å². The number of carbonyl (C=O) groups excluding carboxylic acids is 2. The van der Waals surface area contributed by atoms with Gasteiger partial charge in [0.15, 0.2) is 5.11 Å². The zero-order valence-electron chi connectivity index (χ0n) is 16.8. The van der Waals surface area contributed by atoms with Crippen molar-refractivity contribution in [2.24, 2.45) is 0 Å². The van der Waals surface area contributed by atoms with E-state index in [9.17, 15) is 9.59 Å². The molecule has 0 amide bonds. The monoisotopic (exact) mass is 479 g/mol. The van der Waals surface area contributed by atoms with Gasteiger partial charge < -0.3 is 14.8 Å². The zero-order valence-corrected chi connectivity index (χ0v) is 19.2. The molecule has 2 N–H and O–H groups in total. The van der Waals surface area contributed by atoms with E-state index in [1.165, 1.54) is 14.2 Å². The maximum atomic E-state index is 12.2. The standard InChI is InChI=1S/C19H18ClN5O4S2/c1-10-13(16(26)28-2)15(31-14(10)17(27)29-3)22-19(30)23-18-21-9-25(24-18)8-11-4-6-12(20)7-5-11/h4-7,9H,8H2,1-3H3,(H2,22,23,24,30). The number of nitrogens with zero attached hydrogens (tertiary/aromatic N) is 3. The van der Waals surface area contributed by atoms with E-state index >= 15 is 0 Å². The first kappa shape index (κ1) is 22.7. The van der Waals surface area contributed by atoms with Crippen LogP contribution in [0, 0.1) is 6.92 Å². The Morgan fingerprint density at radius 3 is 2.48 bits per heavy atom. The molecule has 0 aliphatic carbocycles. The first-order valence-corrected chi connectivity index (χ1v) is 10.4. The Morgan fingerprint density at radius 1 is 1.16 bits per heavy atom. The molecule has 0 aliphatic rings. The summed E-state index contributed by atoms with van der Waals surface area (Å²) in [5.74, 6) is -0.880. The van der Waals surface area contributed by atoms with E-state index in [1.807, 2.05) is 12.1 Å². The number of methoxy groups -OCH3 is 2. The van der Waals surface area contributed by atoms with Crippen molar-refractivity contribution >= 4 is 63.2 Å². The summed E-state index contributed by atoms with van der Waals surface area (Å²) in [5.41, 5.74) is 1.66. The molecule has 0 radical (unpaired) electrons. The lowest BCUT2D eigenvalue weighted by Gasteiger charge is -2.08. The van der Waals surface area contributed by atoms with E-state index in [4.69, 9.17) is 33.3 Å². The predicted octanol–water partition coefficient (Wildman–Crippen LogP) is 3.73. The van der Waals surface area contributed by atoms with Crippen LogP contribution in [0.1, 0.15) is 31.2 Å². The molecule has 0 saturated carbocycles. The van der Waals surface area contributed by atoms with Crippen molar-refractivity contribution in [2.45, 2.75) is 13.5 Å². The molecule has 3 rings (SSSR count). The number of ether oxygens (including phenoxy) is 2. The van der Waals surface area contributed by atoms with Crippen molar-refractivity contribution in [1.29, 1.82) is 0 Å². The molecule has 0 saturated heterocycles. The summed E-state index contributed by atoms with van der Waals surface area (Å²) in [6.07, 6.45) is 1.56. The number of nitrogens with one attached hydrogen (secondary N) is 2. The number of rotatable bonds is 6. The van der Waals surface area contributed by atoms with Crippen molar-refractivity contribution in [1.82, 2.24) is 14.8 Å². The molecule has 1 aromatic carbocycles. The first-order chi connectivity index (χ1) is 14.8. The molecule has 162 valence electrons. The lowest BCUT2D eigenvalue weighted by atomic mass is 10.1. The average molecular weight is 480 g/mol. The molecule has 0 atom stereocenters. The Balaban J connectivity index is 1.72. The fraction of sp³-hybridized carbons (Fsp3) is 0.211. The number of carbonyl (C=O) groups is 2. The SMILES string of the molecule is COC(=O)c1sc(NC(=S)Nc2ncn(Cc3ccc(Cl)cc3)n2)c(C(=O)OC)c1C. The molecule has 9 nitrogen and oxygen atoms in total. The molecule has 0 unspecified atom stereocenters. The van der Waals surface area contributed by atoms with E-state index < -0.39 is 11.9 Å². The number of hydrogen-bond acceptors (Lipinski definition) is 8. The molecular formula is C19H18ClN5O4S2. The molecule has 0 bridgehead atoms. The Bertz CT molecular complexity index is 1130. The third-order valence-electron chi connectivity index (χ3n) is 4.15. The van der Waals surface area contributed by atoms with Crippen molar-refractivity contribution in [2.75, 3.05) is 24.9 Å². The van der Waals surface area contributed by atoms with Crippen LogP contribution in [0.15, 0.2) is 30.6 Å². The maximum Gasteiger partial charge on any atom is 0.348 e. The van der Waals surface area contributed by atoms with Crippen LogP contribution in [0.5, 0.6) is 0 Å². The Kier molecular flexibility index (Phi) is 7.21. The van der Waals surface area contributed by atoms with Crippen LogP contribution in [0.4, 0.5) is 10.9 Å². The fourth-order valence-corrected chi connectivity index (χ4v) is 4.18. The topological polar surface area (TPSA) is 107 Å². The highest BCUT2D eigenvalue weighted by Crippen LogP contribution is 2.34. The fourth-order valence-electron chi connectivity index (χ4n) is 2.68. The summed E-state index contributed by atoms with van der Waals surface area (Å²) in [6.45, 7) is 2.14. The third kappa shape index (κ3) is 5.37. The number of anilines is 2. The summed E-state index contributed by atoms with van der Waals surface area (Å²) in [4.78, 5) is 28.6. The lowest BCUT2D eigenvalue weighted by Crippen LogP contribution is -2.21. The highest BCUT2D eigenvalue weighted by molar-refractivity contribution is 7.80. The minimum absolute atomic E-state index is 0.145. The average Bonchev–Trinajstić information content (AvgIpc) is 3.32. The van der Waals surface area contributed by atoms with E-state index in [0.29, 0.717) is 22.1 Å². The smallest absolute Gasteiger partial charge is 0.348 e. The maximum absolute atomic E-state index is 12.2. The quantitative estimate of drug-likeness (QED) is 0.403. The summed E-state index contributed by atoms with van der Waals surface area (Å²) in [6, 6.07) is 7.40. The number of thiophene rings is 1. The number of halogens is 1. The van der Waals surface area contributed by atoms with Crippen LogP contribution in [0.25, 0.3) is 0 Å². The second-order valence-corrected chi connectivity index (χ2v) is 8.08. The van der Waals surface area contributed by atoms with Gasteiger partial charge in [-0.25, -0.2) is 19.3 Å². The normalized spacial score (nSPS) is 10.5. The van der Waals surface area contributed by atoms with Crippen molar-refractivity contribution in [3.8, 4) is 0 Å². The van der Waals surface area contributed by atoms with Crippen LogP contribution in [0.2, 0.25) is 5.02 Å². The Labute approximate surface area is 192 Å². The summed E-state index contributed by atoms with van der Waals surface area (Å²) in [5, 5.41) is 11.2. The van der Waals surface area contributed by atoms with Gasteiger partial charge in [0.05, 0.1) is 26.3 Å². The lowest BCUT2D eigenvalue weighted by molar-refractivity contribution is 0.0601. The van der Waals surface area contributed by atoms with Gasteiger partial charge in [-0.2, -0.15) is 0 Å². The summed E-state index contributed by atoms with van der Waals surface area (Å²) < 4.78 is 11.2. The van der Waals surface area contributed by atoms with Crippen molar-refractivity contribution in [3.63, 3.8) is 0 Å². The zero-order chi connectivity index (χ0) is 22.5. The van der Waals surface area contributed by atoms with Gasteiger partial charge in [-0.3, -0.25) is 5.32 Å². The van der Waals surface area contributed by atoms with Crippen LogP contribution < -0.4 is 10.6 Å². The highest BCUT2D eigenvalue weighted by atomic mass is 35.5. The number of hydrogen-bond donors (Lipinski definition) is 2. The first-order valence-electron chi connectivity index (χ1n) is 8.84. The van der Waals surface area contributed by atoms with E-state index in [1.54, 1.807) is 30.1 Å². The minimum Gasteiger partial charge on any atom is -0.465 e. The Hall–Kier alpha value is -3.02. The van der Waals surface area contributed by atoms with Gasteiger partial charge >= 0.3 is 11.9 Å². The van der Waals surface area contributed by atoms with E-state index in [-0.39, 0.29) is 21.5 Å². The van der Waals surface area contributed by atoms with Crippen LogP contribution >= 0.6 is 35.2 Å². The second kappa shape index (κ2) is 9.86. The van der Waals surface area contributed by atoms with Gasteiger partial charge in [-0.15, -0.1) is 16.4 Å². The molecular weight excluding hydrogens is 462 g/mol. The third-order valence-corrected chi connectivity index (χ3v) is 5.80. The van der Waals surface area contributed by atoms with Crippen molar-refractivity contribution < 1.29 is 19.1 Å². The highest BCUT2D eigenvalue weighted by Gasteiger charge is 2.26. The van der Waals surface area contributed by atoms with Gasteiger partial charge in [0.1, 0.15) is 16.2 Å². The number of esters is 2. The Morgan fingerprint density at radius 2 is 1.84 bits per heavy atom. The van der Waals surface area contributed by atoms with Gasteiger partial charge in [-0.1, -0.05) is 23.7 Å². The van der Waals surface area contributed by atoms with Crippen LogP contribution in [-0.4, -0.2) is 46.0 Å². The van der Waals surface area contributed by atoms with Gasteiger partial charge in [-0.05, 0) is 42.4 Å². The molecule has 3 aromatic rings. The second-order valence-electron chi connectivity index (χ2n) is 6.21. The molecule has 0 fully saturated rings. The number of aromatic nitrogens is 3. The summed E-state index contributed by atoms with van der Waals surface area (Å²) in [7, 11) is 2.53.